The molecule has 33 heavy (non-hydrogen) atoms. The Hall–Kier alpha value is -3.52. The van der Waals surface area contributed by atoms with E-state index < -0.39 is 0 Å². The summed E-state index contributed by atoms with van der Waals surface area (Å²) in [5.74, 6) is -0.0764. The molecule has 0 saturated heterocycles. The van der Waals surface area contributed by atoms with Crippen molar-refractivity contribution in [2.24, 2.45) is 0 Å². The van der Waals surface area contributed by atoms with Crippen molar-refractivity contribution in [2.75, 3.05) is 20.1 Å². The van der Waals surface area contributed by atoms with E-state index in [2.05, 4.69) is 37.8 Å². The standard InChI is InChI=1S/C25H29N7O/c1-31(19-9-3-2-4-10-19)15-14-26-25(33)18-8-7-11-20(16-18)32-17-23(28-30-32)24-21-12-5-6-13-22(21)27-29-24/h5-8,11-13,16-17,19H,2-4,9-10,14-15H2,1H3,(H,26,33)(H,27,29). The van der Waals surface area contributed by atoms with Crippen molar-refractivity contribution in [1.29, 1.82) is 0 Å². The Morgan fingerprint density at radius 2 is 2.00 bits per heavy atom. The van der Waals surface area contributed by atoms with Gasteiger partial charge in [-0.05, 0) is 44.2 Å². The molecule has 2 aromatic carbocycles. The molecule has 2 N–H and O–H groups in total. The lowest BCUT2D eigenvalue weighted by Gasteiger charge is -2.31. The van der Waals surface area contributed by atoms with Crippen LogP contribution >= 0.6 is 0 Å². The first-order chi connectivity index (χ1) is 16.2. The summed E-state index contributed by atoms with van der Waals surface area (Å²) >= 11 is 0. The van der Waals surface area contributed by atoms with E-state index >= 15 is 0 Å². The Balaban J connectivity index is 1.24. The lowest BCUT2D eigenvalue weighted by Crippen LogP contribution is -2.39. The largest absolute Gasteiger partial charge is 0.351 e. The van der Waals surface area contributed by atoms with Crippen molar-refractivity contribution < 1.29 is 4.79 Å². The molecule has 2 heterocycles. The molecule has 0 radical (unpaired) electrons. The summed E-state index contributed by atoms with van der Waals surface area (Å²) in [5.41, 5.74) is 3.77. The molecule has 0 aliphatic heterocycles. The van der Waals surface area contributed by atoms with Crippen molar-refractivity contribution in [3.63, 3.8) is 0 Å². The Kier molecular flexibility index (Phi) is 6.17. The number of likely N-dealkylation sites (N-methyl/N-ethyl adjacent to an activating group) is 1. The van der Waals surface area contributed by atoms with Crippen LogP contribution in [0.4, 0.5) is 0 Å². The molecular weight excluding hydrogens is 414 g/mol. The summed E-state index contributed by atoms with van der Waals surface area (Å²) in [7, 11) is 2.16. The van der Waals surface area contributed by atoms with Crippen LogP contribution in [0.1, 0.15) is 42.5 Å². The van der Waals surface area contributed by atoms with Crippen molar-refractivity contribution in [3.8, 4) is 17.1 Å². The number of nitrogens with zero attached hydrogens (tertiary/aromatic N) is 5. The normalized spacial score (nSPS) is 14.7. The maximum absolute atomic E-state index is 12.7. The van der Waals surface area contributed by atoms with Crippen LogP contribution in [0.5, 0.6) is 0 Å². The van der Waals surface area contributed by atoms with Gasteiger partial charge < -0.3 is 10.2 Å². The molecule has 0 atom stereocenters. The van der Waals surface area contributed by atoms with Crippen LogP contribution in [0.15, 0.2) is 54.7 Å². The highest BCUT2D eigenvalue weighted by atomic mass is 16.1. The van der Waals surface area contributed by atoms with E-state index in [0.29, 0.717) is 23.8 Å². The van der Waals surface area contributed by atoms with E-state index in [1.807, 2.05) is 54.7 Å². The Labute approximate surface area is 193 Å². The minimum atomic E-state index is -0.0764. The van der Waals surface area contributed by atoms with Crippen LogP contribution in [-0.4, -0.2) is 62.2 Å². The summed E-state index contributed by atoms with van der Waals surface area (Å²) in [6, 6.07) is 16.0. The number of hydrogen-bond donors (Lipinski definition) is 2. The number of para-hydroxylation sites is 1. The zero-order valence-corrected chi connectivity index (χ0v) is 18.9. The molecule has 8 nitrogen and oxygen atoms in total. The van der Waals surface area contributed by atoms with Gasteiger partial charge in [0.1, 0.15) is 11.4 Å². The van der Waals surface area contributed by atoms with E-state index in [1.165, 1.54) is 32.1 Å². The predicted octanol–water partition coefficient (Wildman–Crippen LogP) is 3.80. The number of fused-ring (bicyclic) bond motifs is 1. The van der Waals surface area contributed by atoms with Gasteiger partial charge in [0.15, 0.2) is 0 Å². The molecular formula is C25H29N7O. The van der Waals surface area contributed by atoms with Gasteiger partial charge in [0.2, 0.25) is 0 Å². The van der Waals surface area contributed by atoms with Crippen molar-refractivity contribution in [3.05, 3.63) is 60.3 Å². The first-order valence-corrected chi connectivity index (χ1v) is 11.6. The molecule has 4 aromatic rings. The Morgan fingerprint density at radius 1 is 1.15 bits per heavy atom. The lowest BCUT2D eigenvalue weighted by atomic mass is 9.94. The molecule has 0 unspecified atom stereocenters. The molecule has 0 bridgehead atoms. The van der Waals surface area contributed by atoms with Gasteiger partial charge in [0.25, 0.3) is 5.91 Å². The van der Waals surface area contributed by atoms with Crippen LogP contribution in [0.3, 0.4) is 0 Å². The van der Waals surface area contributed by atoms with Gasteiger partial charge in [0, 0.05) is 30.1 Å². The number of hydrogen-bond acceptors (Lipinski definition) is 5. The number of H-pyrrole nitrogens is 1. The molecule has 1 fully saturated rings. The maximum Gasteiger partial charge on any atom is 0.251 e. The first-order valence-electron chi connectivity index (χ1n) is 11.6. The third-order valence-electron chi connectivity index (χ3n) is 6.53. The molecule has 8 heteroatoms. The fourth-order valence-corrected chi connectivity index (χ4v) is 4.60. The predicted molar refractivity (Wildman–Crippen MR) is 128 cm³/mol. The van der Waals surface area contributed by atoms with E-state index in [1.54, 1.807) is 4.68 Å². The minimum absolute atomic E-state index is 0.0764. The quantitative estimate of drug-likeness (QED) is 0.453. The average molecular weight is 444 g/mol. The average Bonchev–Trinajstić information content (AvgIpc) is 3.52. The molecule has 1 saturated carbocycles. The van der Waals surface area contributed by atoms with Crippen molar-refractivity contribution in [2.45, 2.75) is 38.1 Å². The molecule has 2 aromatic heterocycles. The number of carbonyl (C=O) groups excluding carboxylic acids is 1. The number of nitrogens with one attached hydrogen (secondary N) is 2. The van der Waals surface area contributed by atoms with Crippen LogP contribution in [-0.2, 0) is 0 Å². The smallest absolute Gasteiger partial charge is 0.251 e. The summed E-state index contributed by atoms with van der Waals surface area (Å²) in [5, 5.41) is 20.0. The van der Waals surface area contributed by atoms with Gasteiger partial charge in [-0.25, -0.2) is 4.68 Å². The molecule has 1 aliphatic rings. The summed E-state index contributed by atoms with van der Waals surface area (Å²) in [6.07, 6.45) is 8.34. The second kappa shape index (κ2) is 9.54. The number of aromatic nitrogens is 5. The highest BCUT2D eigenvalue weighted by Crippen LogP contribution is 2.25. The highest BCUT2D eigenvalue weighted by Gasteiger charge is 2.18. The fraction of sp³-hybridized carbons (Fsp3) is 0.360. The van der Waals surface area contributed by atoms with Crippen LogP contribution in [0.25, 0.3) is 28.0 Å². The second-order valence-corrected chi connectivity index (χ2v) is 8.74. The Morgan fingerprint density at radius 3 is 2.88 bits per heavy atom. The zero-order valence-electron chi connectivity index (χ0n) is 18.9. The molecule has 1 aliphatic carbocycles. The summed E-state index contributed by atoms with van der Waals surface area (Å²) < 4.78 is 1.67. The molecule has 1 amide bonds. The minimum Gasteiger partial charge on any atom is -0.351 e. The number of carbonyl (C=O) groups is 1. The third kappa shape index (κ3) is 4.66. The van der Waals surface area contributed by atoms with E-state index in [0.717, 1.165) is 28.8 Å². The third-order valence-corrected chi connectivity index (χ3v) is 6.53. The number of benzene rings is 2. The summed E-state index contributed by atoms with van der Waals surface area (Å²) in [6.45, 7) is 1.50. The molecule has 0 spiro atoms. The van der Waals surface area contributed by atoms with E-state index in [9.17, 15) is 4.79 Å². The Bertz CT molecular complexity index is 1240. The maximum atomic E-state index is 12.7. The van der Waals surface area contributed by atoms with Gasteiger partial charge in [0.05, 0.1) is 17.4 Å². The van der Waals surface area contributed by atoms with E-state index in [4.69, 9.17) is 0 Å². The monoisotopic (exact) mass is 443 g/mol. The van der Waals surface area contributed by atoms with Crippen molar-refractivity contribution >= 4 is 16.8 Å². The van der Waals surface area contributed by atoms with Gasteiger partial charge in [-0.1, -0.05) is 48.7 Å². The summed E-state index contributed by atoms with van der Waals surface area (Å²) in [4.78, 5) is 15.1. The molecule has 170 valence electrons. The molecule has 5 rings (SSSR count). The number of amides is 1. The highest BCUT2D eigenvalue weighted by molar-refractivity contribution is 5.94. The van der Waals surface area contributed by atoms with Crippen LogP contribution in [0.2, 0.25) is 0 Å². The number of rotatable bonds is 7. The van der Waals surface area contributed by atoms with Crippen LogP contribution in [0, 0.1) is 0 Å². The van der Waals surface area contributed by atoms with Gasteiger partial charge in [-0.2, -0.15) is 5.10 Å². The second-order valence-electron chi connectivity index (χ2n) is 8.74. The number of aromatic amines is 1. The SMILES string of the molecule is CN(CCNC(=O)c1cccc(-n2cc(-c3n[nH]c4ccccc34)nn2)c1)C1CCCCC1. The van der Waals surface area contributed by atoms with Crippen LogP contribution < -0.4 is 5.32 Å². The van der Waals surface area contributed by atoms with Gasteiger partial charge in [-0.3, -0.25) is 9.89 Å². The zero-order chi connectivity index (χ0) is 22.6. The lowest BCUT2D eigenvalue weighted by molar-refractivity contribution is 0.0944. The van der Waals surface area contributed by atoms with Crippen molar-refractivity contribution in [1.82, 2.24) is 35.4 Å². The van der Waals surface area contributed by atoms with Gasteiger partial charge >= 0.3 is 0 Å². The van der Waals surface area contributed by atoms with Gasteiger partial charge in [-0.15, -0.1) is 5.10 Å². The van der Waals surface area contributed by atoms with E-state index in [-0.39, 0.29) is 5.91 Å². The fourth-order valence-electron chi connectivity index (χ4n) is 4.60. The topological polar surface area (TPSA) is 91.7 Å². The first kappa shape index (κ1) is 21.3.